The zero-order chi connectivity index (χ0) is 27.2. The third-order valence-corrected chi connectivity index (χ3v) is 9.12. The lowest BCUT2D eigenvalue weighted by atomic mass is 9.85. The summed E-state index contributed by atoms with van der Waals surface area (Å²) in [4.78, 5) is 28.7. The number of hydrogen-bond acceptors (Lipinski definition) is 8. The van der Waals surface area contributed by atoms with Gasteiger partial charge in [-0.2, -0.15) is 17.5 Å². The smallest absolute Gasteiger partial charge is 0.475 e. The predicted molar refractivity (Wildman–Crippen MR) is 127 cm³/mol. The number of sulfonamides is 1. The Balaban J connectivity index is 0.000000479. The molecule has 0 radical (unpaired) electrons. The molecule has 0 saturated carbocycles. The van der Waals surface area contributed by atoms with Crippen molar-refractivity contribution < 1.29 is 41.0 Å². The second-order valence-corrected chi connectivity index (χ2v) is 11.6. The number of aliphatic carboxylic acids is 1. The second kappa shape index (κ2) is 12.3. The van der Waals surface area contributed by atoms with Crippen LogP contribution in [0.3, 0.4) is 0 Å². The molecular formula is C22H27F3N4O6S2. The maximum atomic E-state index is 13.3. The van der Waals surface area contributed by atoms with Crippen LogP contribution < -0.4 is 5.73 Å². The van der Waals surface area contributed by atoms with E-state index < -0.39 is 28.1 Å². The Morgan fingerprint density at radius 2 is 1.78 bits per heavy atom. The van der Waals surface area contributed by atoms with E-state index in [4.69, 9.17) is 20.4 Å². The summed E-state index contributed by atoms with van der Waals surface area (Å²) in [5.74, 6) is -3.21. The number of nitrogens with two attached hydrogens (primary N) is 1. The summed E-state index contributed by atoms with van der Waals surface area (Å²) in [5, 5.41) is 7.12. The number of morpholine rings is 1. The topological polar surface area (TPSA) is 143 Å². The van der Waals surface area contributed by atoms with Crippen molar-refractivity contribution in [3.63, 3.8) is 0 Å². The molecule has 0 unspecified atom stereocenters. The zero-order valence-electron chi connectivity index (χ0n) is 19.6. The Kier molecular flexibility index (Phi) is 9.63. The Hall–Kier alpha value is -2.59. The molecule has 2 aliphatic heterocycles. The summed E-state index contributed by atoms with van der Waals surface area (Å²) in [5.41, 5.74) is 6.67. The predicted octanol–water partition coefficient (Wildman–Crippen LogP) is 1.89. The number of halogens is 3. The van der Waals surface area contributed by atoms with Gasteiger partial charge >= 0.3 is 12.1 Å². The number of alkyl halides is 3. The van der Waals surface area contributed by atoms with Crippen molar-refractivity contribution in [1.82, 2.24) is 14.2 Å². The molecule has 2 aliphatic rings. The molecule has 2 atom stereocenters. The summed E-state index contributed by atoms with van der Waals surface area (Å²) >= 11 is 1.09. The number of carboxylic acids is 1. The van der Waals surface area contributed by atoms with Gasteiger partial charge in [-0.3, -0.25) is 4.79 Å². The fourth-order valence-electron chi connectivity index (χ4n) is 4.06. The third-order valence-electron chi connectivity index (χ3n) is 5.90. The number of thiazole rings is 1. The van der Waals surface area contributed by atoms with Gasteiger partial charge in [-0.25, -0.2) is 18.2 Å². The first-order chi connectivity index (χ1) is 17.4. The molecule has 10 nitrogen and oxygen atoms in total. The lowest BCUT2D eigenvalue weighted by molar-refractivity contribution is -0.192. The number of carbonyl (C=O) groups excluding carboxylic acids is 1. The molecule has 1 aromatic carbocycles. The number of carboxylic acid groups (broad SMARTS) is 1. The molecule has 1 amide bonds. The van der Waals surface area contributed by atoms with Gasteiger partial charge in [0.05, 0.1) is 19.1 Å². The molecule has 2 aromatic rings. The highest BCUT2D eigenvalue weighted by atomic mass is 32.2. The summed E-state index contributed by atoms with van der Waals surface area (Å²) < 4.78 is 65.2. The van der Waals surface area contributed by atoms with Gasteiger partial charge in [0, 0.05) is 43.8 Å². The SMILES string of the molecule is NCc1cnc(S(=O)(=O)N2C[C@@H](C(=O)N3CCOCC3)C[C@H](c3ccccc3)C2)s1.O=C(O)C(F)(F)F. The average molecular weight is 565 g/mol. The van der Waals surface area contributed by atoms with E-state index in [2.05, 4.69) is 4.98 Å². The van der Waals surface area contributed by atoms with Gasteiger partial charge in [0.15, 0.2) is 0 Å². The van der Waals surface area contributed by atoms with Crippen LogP contribution in [0.1, 0.15) is 22.8 Å². The Bertz CT molecular complexity index is 1170. The fourth-order valence-corrected chi connectivity index (χ4v) is 6.79. The maximum absolute atomic E-state index is 13.3. The van der Waals surface area contributed by atoms with E-state index >= 15 is 0 Å². The molecule has 37 heavy (non-hydrogen) atoms. The van der Waals surface area contributed by atoms with Crippen molar-refractivity contribution in [1.29, 1.82) is 0 Å². The molecule has 1 aromatic heterocycles. The average Bonchev–Trinajstić information content (AvgIpc) is 3.39. The van der Waals surface area contributed by atoms with Gasteiger partial charge in [-0.05, 0) is 17.9 Å². The van der Waals surface area contributed by atoms with E-state index in [1.807, 2.05) is 30.3 Å². The first kappa shape index (κ1) is 29.0. The highest BCUT2D eigenvalue weighted by Gasteiger charge is 2.41. The minimum atomic E-state index is -5.08. The van der Waals surface area contributed by atoms with Gasteiger partial charge in [0.2, 0.25) is 10.2 Å². The van der Waals surface area contributed by atoms with E-state index in [9.17, 15) is 26.4 Å². The van der Waals surface area contributed by atoms with Crippen LogP contribution in [0, 0.1) is 5.92 Å². The van der Waals surface area contributed by atoms with Crippen LogP contribution in [0.5, 0.6) is 0 Å². The summed E-state index contributed by atoms with van der Waals surface area (Å²) in [6.07, 6.45) is -2.95. The Morgan fingerprint density at radius 3 is 2.32 bits per heavy atom. The highest BCUT2D eigenvalue weighted by molar-refractivity contribution is 7.91. The number of hydrogen-bond donors (Lipinski definition) is 2. The van der Waals surface area contributed by atoms with Gasteiger partial charge < -0.3 is 20.5 Å². The minimum Gasteiger partial charge on any atom is -0.475 e. The van der Waals surface area contributed by atoms with Gasteiger partial charge in [0.1, 0.15) is 0 Å². The molecule has 2 saturated heterocycles. The lowest BCUT2D eigenvalue weighted by Crippen LogP contribution is -2.51. The lowest BCUT2D eigenvalue weighted by Gasteiger charge is -2.39. The number of nitrogens with zero attached hydrogens (tertiary/aromatic N) is 3. The first-order valence-corrected chi connectivity index (χ1v) is 13.6. The van der Waals surface area contributed by atoms with Gasteiger partial charge in [0.25, 0.3) is 10.0 Å². The van der Waals surface area contributed by atoms with Crippen molar-refractivity contribution in [2.24, 2.45) is 11.7 Å². The molecule has 3 N–H and O–H groups in total. The molecule has 4 rings (SSSR count). The normalized spacial score (nSPS) is 21.1. The molecule has 3 heterocycles. The standard InChI is InChI=1S/C20H26N4O4S2.C2HF3O2/c21-11-18-12-22-20(29-18)30(26,27)24-13-16(15-4-2-1-3-5-15)10-17(14-24)19(25)23-6-8-28-9-7-23;3-2(4,5)1(6)7/h1-5,12,16-17H,6-11,13-14,21H2;(H,6,7)/t16-,17-;/m0./s1. The van der Waals surface area contributed by atoms with E-state index in [-0.39, 0.29) is 29.3 Å². The third kappa shape index (κ3) is 7.47. The zero-order valence-corrected chi connectivity index (χ0v) is 21.3. The van der Waals surface area contributed by atoms with Crippen LogP contribution in [0.15, 0.2) is 40.9 Å². The highest BCUT2D eigenvalue weighted by Crippen LogP contribution is 2.35. The minimum absolute atomic E-state index is 0.000849. The number of rotatable bonds is 5. The van der Waals surface area contributed by atoms with Crippen molar-refractivity contribution in [2.45, 2.75) is 29.4 Å². The van der Waals surface area contributed by atoms with E-state index in [0.29, 0.717) is 44.1 Å². The quantitative estimate of drug-likeness (QED) is 0.561. The van der Waals surface area contributed by atoms with E-state index in [0.717, 1.165) is 16.9 Å². The summed E-state index contributed by atoms with van der Waals surface area (Å²) in [7, 11) is -3.80. The number of ether oxygens (including phenoxy) is 1. The second-order valence-electron chi connectivity index (χ2n) is 8.40. The monoisotopic (exact) mass is 564 g/mol. The Morgan fingerprint density at radius 1 is 1.16 bits per heavy atom. The van der Waals surface area contributed by atoms with Crippen LogP contribution >= 0.6 is 11.3 Å². The Labute approximate surface area is 215 Å². The summed E-state index contributed by atoms with van der Waals surface area (Å²) in [6.45, 7) is 2.87. The molecule has 204 valence electrons. The van der Waals surface area contributed by atoms with Crippen LogP contribution in [-0.2, 0) is 30.9 Å². The van der Waals surface area contributed by atoms with Crippen LogP contribution in [-0.4, -0.2) is 85.2 Å². The van der Waals surface area contributed by atoms with Crippen molar-refractivity contribution in [3.8, 4) is 0 Å². The molecule has 0 spiro atoms. The number of benzene rings is 1. The maximum Gasteiger partial charge on any atom is 0.490 e. The fraction of sp³-hybridized carbons (Fsp3) is 0.500. The molecule has 2 fully saturated rings. The van der Waals surface area contributed by atoms with Gasteiger partial charge in [-0.15, -0.1) is 11.3 Å². The van der Waals surface area contributed by atoms with E-state index in [1.54, 1.807) is 4.90 Å². The molecule has 0 bridgehead atoms. The number of carbonyl (C=O) groups is 2. The van der Waals surface area contributed by atoms with E-state index in [1.165, 1.54) is 10.5 Å². The first-order valence-electron chi connectivity index (χ1n) is 11.3. The summed E-state index contributed by atoms with van der Waals surface area (Å²) in [6, 6.07) is 9.80. The molecule has 0 aliphatic carbocycles. The van der Waals surface area contributed by atoms with Crippen molar-refractivity contribution >= 4 is 33.2 Å². The number of aromatic nitrogens is 1. The van der Waals surface area contributed by atoms with Gasteiger partial charge in [-0.1, -0.05) is 30.3 Å². The van der Waals surface area contributed by atoms with Crippen molar-refractivity contribution in [3.05, 3.63) is 47.0 Å². The van der Waals surface area contributed by atoms with Crippen LogP contribution in [0.2, 0.25) is 0 Å². The van der Waals surface area contributed by atoms with Crippen LogP contribution in [0.4, 0.5) is 13.2 Å². The van der Waals surface area contributed by atoms with Crippen molar-refractivity contribution in [2.75, 3.05) is 39.4 Å². The largest absolute Gasteiger partial charge is 0.490 e. The molecule has 15 heteroatoms. The van der Waals surface area contributed by atoms with Crippen LogP contribution in [0.25, 0.3) is 0 Å². The number of amides is 1. The number of piperidine rings is 1. The molecular weight excluding hydrogens is 537 g/mol.